The first-order valence-corrected chi connectivity index (χ1v) is 7.68. The smallest absolute Gasteiger partial charge is 0.163 e. The van der Waals surface area contributed by atoms with E-state index in [4.69, 9.17) is 0 Å². The molecule has 0 aromatic carbocycles. The molecule has 4 aliphatic carbocycles. The third kappa shape index (κ3) is 1.19. The van der Waals surface area contributed by atoms with E-state index >= 15 is 0 Å². The Kier molecular flexibility index (Phi) is 2.25. The van der Waals surface area contributed by atoms with Crippen LogP contribution in [-0.4, -0.2) is 11.6 Å². The van der Waals surface area contributed by atoms with Crippen LogP contribution in [0.3, 0.4) is 0 Å². The van der Waals surface area contributed by atoms with Crippen molar-refractivity contribution in [2.75, 3.05) is 0 Å². The van der Waals surface area contributed by atoms with Crippen LogP contribution in [0.4, 0.5) is 0 Å². The molecule has 0 aromatic heterocycles. The maximum Gasteiger partial charge on any atom is 0.163 e. The molecule has 0 amide bonds. The van der Waals surface area contributed by atoms with E-state index in [-0.39, 0.29) is 10.8 Å². The van der Waals surface area contributed by atoms with Crippen molar-refractivity contribution in [3.8, 4) is 0 Å². The summed E-state index contributed by atoms with van der Waals surface area (Å²) in [4.78, 5) is 25.2. The number of ketones is 2. The molecule has 0 N–H and O–H groups in total. The topological polar surface area (TPSA) is 34.1 Å². The van der Waals surface area contributed by atoms with E-state index in [1.165, 1.54) is 6.42 Å². The highest BCUT2D eigenvalue weighted by Crippen LogP contribution is 2.67. The molecule has 4 aliphatic rings. The minimum Gasteiger partial charge on any atom is -0.295 e. The Bertz CT molecular complexity index is 527. The second-order valence-corrected chi connectivity index (χ2v) is 6.72. The van der Waals surface area contributed by atoms with Crippen molar-refractivity contribution in [3.05, 3.63) is 23.8 Å². The van der Waals surface area contributed by atoms with Crippen LogP contribution < -0.4 is 0 Å². The van der Waals surface area contributed by atoms with E-state index in [2.05, 4.69) is 12.2 Å². The van der Waals surface area contributed by atoms with Crippen LogP contribution in [-0.2, 0) is 9.59 Å². The monoisotopic (exact) mass is 256 g/mol. The Morgan fingerprint density at radius 3 is 2.89 bits per heavy atom. The zero-order valence-electron chi connectivity index (χ0n) is 11.3. The van der Waals surface area contributed by atoms with Crippen molar-refractivity contribution in [2.45, 2.75) is 51.4 Å². The number of hydrogen-bond donors (Lipinski definition) is 0. The van der Waals surface area contributed by atoms with E-state index in [1.54, 1.807) is 6.08 Å². The lowest BCUT2D eigenvalue weighted by Crippen LogP contribution is -2.56. The van der Waals surface area contributed by atoms with Crippen LogP contribution in [0.15, 0.2) is 23.8 Å². The van der Waals surface area contributed by atoms with Gasteiger partial charge in [-0.1, -0.05) is 25.0 Å². The van der Waals surface area contributed by atoms with Gasteiger partial charge in [0, 0.05) is 22.8 Å². The lowest BCUT2D eigenvalue weighted by Gasteiger charge is -2.56. The largest absolute Gasteiger partial charge is 0.295 e. The van der Waals surface area contributed by atoms with Gasteiger partial charge in [0.1, 0.15) is 0 Å². The number of allylic oxidation sites excluding steroid dienone is 4. The first kappa shape index (κ1) is 11.6. The van der Waals surface area contributed by atoms with Crippen LogP contribution in [0.5, 0.6) is 0 Å². The highest BCUT2D eigenvalue weighted by atomic mass is 16.1. The summed E-state index contributed by atoms with van der Waals surface area (Å²) >= 11 is 0. The molecule has 0 saturated heterocycles. The molecule has 2 saturated carbocycles. The minimum atomic E-state index is -0.245. The lowest BCUT2D eigenvalue weighted by molar-refractivity contribution is -0.143. The van der Waals surface area contributed by atoms with Crippen LogP contribution in [0.1, 0.15) is 51.4 Å². The predicted octanol–water partition coefficient (Wildman–Crippen LogP) is 3.37. The standard InChI is InChI=1S/C17H20O2/c18-14-11-12-5-1-4-9-17(12)15(19)7-10-16(17)8-3-2-6-13(14)16/h6-7,10,12H,1-5,8-9,11H2/t12-,16-,17-/m0/s1. The summed E-state index contributed by atoms with van der Waals surface area (Å²) < 4.78 is 0. The molecule has 19 heavy (non-hydrogen) atoms. The van der Waals surface area contributed by atoms with Crippen LogP contribution in [0.2, 0.25) is 0 Å². The molecule has 3 atom stereocenters. The quantitative estimate of drug-likeness (QED) is 0.666. The van der Waals surface area contributed by atoms with Gasteiger partial charge in [-0.25, -0.2) is 0 Å². The fraction of sp³-hybridized carbons (Fsp3) is 0.647. The van der Waals surface area contributed by atoms with Crippen molar-refractivity contribution in [3.63, 3.8) is 0 Å². The molecule has 2 nitrogen and oxygen atoms in total. The van der Waals surface area contributed by atoms with Gasteiger partial charge in [-0.2, -0.15) is 0 Å². The van der Waals surface area contributed by atoms with Crippen LogP contribution in [0.25, 0.3) is 0 Å². The van der Waals surface area contributed by atoms with Gasteiger partial charge in [0.2, 0.25) is 0 Å². The average Bonchev–Trinajstić information content (AvgIpc) is 2.70. The molecular formula is C17H20O2. The molecule has 0 bridgehead atoms. The summed E-state index contributed by atoms with van der Waals surface area (Å²) in [5.41, 5.74) is 0.521. The van der Waals surface area contributed by atoms with Gasteiger partial charge in [-0.15, -0.1) is 0 Å². The number of hydrogen-bond acceptors (Lipinski definition) is 2. The van der Waals surface area contributed by atoms with Crippen LogP contribution in [0, 0.1) is 16.7 Å². The second kappa shape index (κ2) is 3.68. The normalized spacial score (nSPS) is 44.4. The van der Waals surface area contributed by atoms with Gasteiger partial charge in [0.05, 0.1) is 0 Å². The molecule has 4 rings (SSSR count). The minimum absolute atomic E-state index is 0.219. The van der Waals surface area contributed by atoms with E-state index in [9.17, 15) is 9.59 Å². The van der Waals surface area contributed by atoms with E-state index < -0.39 is 0 Å². The van der Waals surface area contributed by atoms with E-state index in [0.717, 1.165) is 44.1 Å². The summed E-state index contributed by atoms with van der Waals surface area (Å²) in [5, 5.41) is 0. The van der Waals surface area contributed by atoms with Crippen molar-refractivity contribution in [1.29, 1.82) is 0 Å². The summed E-state index contributed by atoms with van der Waals surface area (Å²) in [5.74, 6) is 0.936. The Morgan fingerprint density at radius 1 is 1.11 bits per heavy atom. The predicted molar refractivity (Wildman–Crippen MR) is 72.5 cm³/mol. The van der Waals surface area contributed by atoms with E-state index in [0.29, 0.717) is 23.9 Å². The Hall–Kier alpha value is -1.18. The van der Waals surface area contributed by atoms with Gasteiger partial charge in [0.15, 0.2) is 11.6 Å². The Morgan fingerprint density at radius 2 is 2.00 bits per heavy atom. The zero-order chi connectivity index (χ0) is 13.1. The van der Waals surface area contributed by atoms with Gasteiger partial charge >= 0.3 is 0 Å². The maximum atomic E-state index is 12.7. The van der Waals surface area contributed by atoms with Crippen molar-refractivity contribution < 1.29 is 9.59 Å². The fourth-order valence-corrected chi connectivity index (χ4v) is 5.45. The Labute approximate surface area is 113 Å². The third-order valence-electron chi connectivity index (χ3n) is 6.16. The molecule has 2 heteroatoms. The molecule has 0 aromatic rings. The fourth-order valence-electron chi connectivity index (χ4n) is 5.45. The summed E-state index contributed by atoms with van der Waals surface area (Å²) in [6.07, 6.45) is 14.2. The third-order valence-corrected chi connectivity index (χ3v) is 6.16. The highest BCUT2D eigenvalue weighted by Gasteiger charge is 2.66. The lowest BCUT2D eigenvalue weighted by atomic mass is 9.44. The number of Topliss-reactive ketones (excluding diaryl/α,β-unsaturated/α-hetero) is 1. The summed E-state index contributed by atoms with van der Waals surface area (Å²) in [6, 6.07) is 0. The SMILES string of the molecule is O=C1C[C@@H]2CCCC[C@@]23C(=O)C=C[C@]32CCCC=C12. The first-order chi connectivity index (χ1) is 9.21. The molecule has 0 radical (unpaired) electrons. The zero-order valence-corrected chi connectivity index (χ0v) is 11.3. The molecule has 0 unspecified atom stereocenters. The molecule has 0 heterocycles. The maximum absolute atomic E-state index is 12.7. The number of rotatable bonds is 0. The highest BCUT2D eigenvalue weighted by molar-refractivity contribution is 6.07. The number of carbonyl (C=O) groups is 2. The van der Waals surface area contributed by atoms with Crippen LogP contribution >= 0.6 is 0 Å². The van der Waals surface area contributed by atoms with Gasteiger partial charge in [0.25, 0.3) is 0 Å². The number of carbonyl (C=O) groups excluding carboxylic acids is 2. The van der Waals surface area contributed by atoms with Crippen molar-refractivity contribution >= 4 is 11.6 Å². The van der Waals surface area contributed by atoms with Gasteiger partial charge in [-0.3, -0.25) is 9.59 Å². The second-order valence-electron chi connectivity index (χ2n) is 6.72. The molecule has 0 aliphatic heterocycles. The molecule has 2 spiro atoms. The molecule has 2 fully saturated rings. The van der Waals surface area contributed by atoms with Gasteiger partial charge in [-0.05, 0) is 44.1 Å². The first-order valence-electron chi connectivity index (χ1n) is 7.68. The molecular weight excluding hydrogens is 236 g/mol. The van der Waals surface area contributed by atoms with Gasteiger partial charge < -0.3 is 0 Å². The van der Waals surface area contributed by atoms with E-state index in [1.807, 2.05) is 0 Å². The molecule has 100 valence electrons. The Balaban J connectivity index is 1.96. The average molecular weight is 256 g/mol. The summed E-state index contributed by atoms with van der Waals surface area (Å²) in [7, 11) is 0. The summed E-state index contributed by atoms with van der Waals surface area (Å²) in [6.45, 7) is 0. The van der Waals surface area contributed by atoms with Crippen molar-refractivity contribution in [2.24, 2.45) is 16.7 Å². The van der Waals surface area contributed by atoms with Crippen molar-refractivity contribution in [1.82, 2.24) is 0 Å².